The first kappa shape index (κ1) is 13.7. The van der Waals surface area contributed by atoms with Crippen molar-refractivity contribution in [3.05, 3.63) is 60.4 Å². The lowest BCUT2D eigenvalue weighted by atomic mass is 10.1. The third-order valence-electron chi connectivity index (χ3n) is 2.77. The van der Waals surface area contributed by atoms with Gasteiger partial charge in [0.25, 0.3) is 0 Å². The minimum atomic E-state index is -0.688. The fourth-order valence-corrected chi connectivity index (χ4v) is 1.69. The number of para-hydroxylation sites is 1. The van der Waals surface area contributed by atoms with E-state index in [2.05, 4.69) is 15.6 Å². The van der Waals surface area contributed by atoms with E-state index in [0.717, 1.165) is 5.56 Å². The van der Waals surface area contributed by atoms with Gasteiger partial charge in [-0.25, -0.2) is 0 Å². The normalized spacial score (nSPS) is 11.4. The Bertz CT molecular complexity index is 585. The van der Waals surface area contributed by atoms with Crippen molar-refractivity contribution in [2.24, 2.45) is 0 Å². The molecule has 1 atom stereocenters. The molecule has 0 saturated heterocycles. The second kappa shape index (κ2) is 6.47. The summed E-state index contributed by atoms with van der Waals surface area (Å²) >= 11 is 0. The van der Waals surface area contributed by atoms with Crippen molar-refractivity contribution >= 4 is 17.5 Å². The Balaban J connectivity index is 1.93. The van der Waals surface area contributed by atoms with Crippen LogP contribution in [0.4, 0.5) is 5.69 Å². The van der Waals surface area contributed by atoms with E-state index in [0.29, 0.717) is 5.69 Å². The lowest BCUT2D eigenvalue weighted by Crippen LogP contribution is -2.36. The highest BCUT2D eigenvalue weighted by Crippen LogP contribution is 2.10. The predicted octanol–water partition coefficient (Wildman–Crippen LogP) is 1.90. The average Bonchev–Trinajstić information content (AvgIpc) is 2.49. The van der Waals surface area contributed by atoms with Crippen LogP contribution < -0.4 is 10.6 Å². The van der Waals surface area contributed by atoms with Gasteiger partial charge in [0.05, 0.1) is 6.04 Å². The van der Waals surface area contributed by atoms with E-state index in [1.54, 1.807) is 49.6 Å². The summed E-state index contributed by atoms with van der Waals surface area (Å²) in [7, 11) is 0. The summed E-state index contributed by atoms with van der Waals surface area (Å²) in [5.41, 5.74) is 1.43. The Morgan fingerprint density at radius 2 is 1.80 bits per heavy atom. The van der Waals surface area contributed by atoms with Crippen molar-refractivity contribution in [1.82, 2.24) is 10.3 Å². The second-order valence-electron chi connectivity index (χ2n) is 4.30. The molecule has 102 valence electrons. The zero-order valence-corrected chi connectivity index (χ0v) is 11.0. The number of nitrogens with one attached hydrogen (secondary N) is 2. The largest absolute Gasteiger partial charge is 0.341 e. The number of pyridine rings is 1. The third-order valence-corrected chi connectivity index (χ3v) is 2.77. The Morgan fingerprint density at radius 3 is 2.45 bits per heavy atom. The Labute approximate surface area is 117 Å². The molecule has 5 heteroatoms. The second-order valence-corrected chi connectivity index (χ2v) is 4.30. The quantitative estimate of drug-likeness (QED) is 0.836. The van der Waals surface area contributed by atoms with Gasteiger partial charge in [0.1, 0.15) is 0 Å². The van der Waals surface area contributed by atoms with Crippen LogP contribution in [0.2, 0.25) is 0 Å². The van der Waals surface area contributed by atoms with Crippen LogP contribution in [0.3, 0.4) is 0 Å². The predicted molar refractivity (Wildman–Crippen MR) is 75.9 cm³/mol. The van der Waals surface area contributed by atoms with E-state index >= 15 is 0 Å². The molecule has 0 fully saturated rings. The number of benzene rings is 1. The van der Waals surface area contributed by atoms with Crippen LogP contribution in [0.5, 0.6) is 0 Å². The molecule has 20 heavy (non-hydrogen) atoms. The fourth-order valence-electron chi connectivity index (χ4n) is 1.69. The van der Waals surface area contributed by atoms with Gasteiger partial charge in [-0.05, 0) is 30.7 Å². The lowest BCUT2D eigenvalue weighted by Gasteiger charge is -2.13. The molecule has 0 aliphatic heterocycles. The summed E-state index contributed by atoms with van der Waals surface area (Å²) in [6.45, 7) is 1.80. The van der Waals surface area contributed by atoms with Crippen LogP contribution in [0.25, 0.3) is 0 Å². The molecular formula is C15H15N3O2. The topological polar surface area (TPSA) is 71.1 Å². The zero-order chi connectivity index (χ0) is 14.4. The van der Waals surface area contributed by atoms with Crippen molar-refractivity contribution in [3.8, 4) is 0 Å². The van der Waals surface area contributed by atoms with Crippen LogP contribution in [-0.2, 0) is 9.59 Å². The van der Waals surface area contributed by atoms with E-state index in [1.165, 1.54) is 0 Å². The van der Waals surface area contributed by atoms with Gasteiger partial charge in [-0.2, -0.15) is 0 Å². The van der Waals surface area contributed by atoms with Gasteiger partial charge < -0.3 is 10.6 Å². The molecule has 0 aliphatic rings. The van der Waals surface area contributed by atoms with E-state index < -0.39 is 11.8 Å². The number of carbonyl (C=O) groups is 2. The number of aromatic nitrogens is 1. The van der Waals surface area contributed by atoms with Gasteiger partial charge in [0.2, 0.25) is 0 Å². The molecule has 2 aromatic rings. The smallest absolute Gasteiger partial charge is 0.313 e. The third kappa shape index (κ3) is 3.65. The minimum Gasteiger partial charge on any atom is -0.341 e. The number of anilines is 1. The molecule has 2 rings (SSSR count). The number of carbonyl (C=O) groups excluding carboxylic acids is 2. The summed E-state index contributed by atoms with van der Waals surface area (Å²) in [5.74, 6) is -1.36. The summed E-state index contributed by atoms with van der Waals surface area (Å²) in [5, 5.41) is 5.16. The highest BCUT2D eigenvalue weighted by molar-refractivity contribution is 6.39. The van der Waals surface area contributed by atoms with Crippen LogP contribution in [0.1, 0.15) is 18.5 Å². The SMILES string of the molecule is C[C@H](NC(=O)C(=O)Nc1ccccc1)c1cccnc1. The molecule has 0 unspecified atom stereocenters. The number of hydrogen-bond acceptors (Lipinski definition) is 3. The van der Waals surface area contributed by atoms with Gasteiger partial charge in [-0.15, -0.1) is 0 Å². The highest BCUT2D eigenvalue weighted by atomic mass is 16.2. The lowest BCUT2D eigenvalue weighted by molar-refractivity contribution is -0.136. The van der Waals surface area contributed by atoms with E-state index in [4.69, 9.17) is 0 Å². The highest BCUT2D eigenvalue weighted by Gasteiger charge is 2.17. The van der Waals surface area contributed by atoms with E-state index in [-0.39, 0.29) is 6.04 Å². The summed E-state index contributed by atoms with van der Waals surface area (Å²) in [4.78, 5) is 27.5. The molecule has 0 bridgehead atoms. The van der Waals surface area contributed by atoms with Crippen LogP contribution in [0, 0.1) is 0 Å². The zero-order valence-electron chi connectivity index (χ0n) is 11.0. The van der Waals surface area contributed by atoms with Gasteiger partial charge in [0.15, 0.2) is 0 Å². The molecule has 2 amide bonds. The minimum absolute atomic E-state index is 0.280. The average molecular weight is 269 g/mol. The molecule has 1 aromatic heterocycles. The first-order valence-electron chi connectivity index (χ1n) is 6.23. The van der Waals surface area contributed by atoms with Gasteiger partial charge in [-0.1, -0.05) is 24.3 Å². The first-order chi connectivity index (χ1) is 9.66. The number of hydrogen-bond donors (Lipinski definition) is 2. The molecular weight excluding hydrogens is 254 g/mol. The number of rotatable bonds is 3. The standard InChI is InChI=1S/C15H15N3O2/c1-11(12-6-5-9-16-10-12)17-14(19)15(20)18-13-7-3-2-4-8-13/h2-11H,1H3,(H,17,19)(H,18,20)/t11-/m0/s1. The molecule has 0 radical (unpaired) electrons. The Hall–Kier alpha value is -2.69. The van der Waals surface area contributed by atoms with Crippen molar-refractivity contribution in [3.63, 3.8) is 0 Å². The maximum atomic E-state index is 11.8. The number of nitrogens with zero attached hydrogens (tertiary/aromatic N) is 1. The van der Waals surface area contributed by atoms with Gasteiger partial charge in [-0.3, -0.25) is 14.6 Å². The molecule has 0 aliphatic carbocycles. The van der Waals surface area contributed by atoms with Gasteiger partial charge in [0, 0.05) is 18.1 Å². The van der Waals surface area contributed by atoms with Crippen molar-refractivity contribution < 1.29 is 9.59 Å². The van der Waals surface area contributed by atoms with E-state index in [9.17, 15) is 9.59 Å². The maximum absolute atomic E-state index is 11.8. The fraction of sp³-hybridized carbons (Fsp3) is 0.133. The Kier molecular flexibility index (Phi) is 4.44. The first-order valence-corrected chi connectivity index (χ1v) is 6.23. The van der Waals surface area contributed by atoms with Crippen molar-refractivity contribution in [2.75, 3.05) is 5.32 Å². The summed E-state index contributed by atoms with van der Waals surface area (Å²) in [6, 6.07) is 12.2. The van der Waals surface area contributed by atoms with Crippen LogP contribution in [0.15, 0.2) is 54.9 Å². The molecule has 1 aromatic carbocycles. The monoisotopic (exact) mass is 269 g/mol. The Morgan fingerprint density at radius 1 is 1.05 bits per heavy atom. The molecule has 0 spiro atoms. The van der Waals surface area contributed by atoms with Crippen molar-refractivity contribution in [2.45, 2.75) is 13.0 Å². The van der Waals surface area contributed by atoms with E-state index in [1.807, 2.05) is 12.1 Å². The summed E-state index contributed by atoms with van der Waals surface area (Å²) < 4.78 is 0. The number of amides is 2. The van der Waals surface area contributed by atoms with Crippen LogP contribution in [-0.4, -0.2) is 16.8 Å². The molecule has 0 saturated carbocycles. The molecule has 1 heterocycles. The molecule has 2 N–H and O–H groups in total. The van der Waals surface area contributed by atoms with Crippen molar-refractivity contribution in [1.29, 1.82) is 0 Å². The van der Waals surface area contributed by atoms with Crippen LogP contribution >= 0.6 is 0 Å². The maximum Gasteiger partial charge on any atom is 0.313 e. The summed E-state index contributed by atoms with van der Waals surface area (Å²) in [6.07, 6.45) is 3.31. The molecule has 5 nitrogen and oxygen atoms in total. The van der Waals surface area contributed by atoms with Gasteiger partial charge >= 0.3 is 11.8 Å².